The van der Waals surface area contributed by atoms with Gasteiger partial charge in [0.1, 0.15) is 11.4 Å². The highest BCUT2D eigenvalue weighted by Crippen LogP contribution is 2.25. The van der Waals surface area contributed by atoms with E-state index in [1.165, 1.54) is 22.7 Å². The predicted molar refractivity (Wildman–Crippen MR) is 116 cm³/mol. The third-order valence-electron chi connectivity index (χ3n) is 4.56. The van der Waals surface area contributed by atoms with Crippen LogP contribution in [0.1, 0.15) is 12.5 Å². The highest BCUT2D eigenvalue weighted by Gasteiger charge is 2.14. The largest absolute Gasteiger partial charge is 0.492 e. The first kappa shape index (κ1) is 20.0. The molecule has 154 valence electrons. The van der Waals surface area contributed by atoms with E-state index in [9.17, 15) is 4.79 Å². The van der Waals surface area contributed by atoms with Crippen LogP contribution in [-0.2, 0) is 11.2 Å². The van der Waals surface area contributed by atoms with Crippen LogP contribution in [-0.4, -0.2) is 50.0 Å². The lowest BCUT2D eigenvalue weighted by molar-refractivity contribution is -0.118. The van der Waals surface area contributed by atoms with Gasteiger partial charge < -0.3 is 15.0 Å². The fourth-order valence-electron chi connectivity index (χ4n) is 3.19. The Morgan fingerprint density at radius 3 is 2.93 bits per heavy atom. The molecule has 1 amide bonds. The third kappa shape index (κ3) is 4.46. The summed E-state index contributed by atoms with van der Waals surface area (Å²) in [7, 11) is 0. The Hall–Kier alpha value is -3.33. The number of carbonyl (C=O) groups is 1. The van der Waals surface area contributed by atoms with Crippen molar-refractivity contribution in [2.45, 2.75) is 18.5 Å². The van der Waals surface area contributed by atoms with Crippen molar-refractivity contribution < 1.29 is 9.53 Å². The second-order valence-electron chi connectivity index (χ2n) is 6.52. The molecule has 9 heteroatoms. The van der Waals surface area contributed by atoms with E-state index in [2.05, 4.69) is 31.9 Å². The molecule has 0 fully saturated rings. The van der Waals surface area contributed by atoms with Crippen molar-refractivity contribution in [1.82, 2.24) is 30.5 Å². The second-order valence-corrected chi connectivity index (χ2v) is 7.46. The van der Waals surface area contributed by atoms with Gasteiger partial charge in [0.25, 0.3) is 0 Å². The van der Waals surface area contributed by atoms with Crippen molar-refractivity contribution >= 4 is 28.6 Å². The Labute approximate surface area is 178 Å². The van der Waals surface area contributed by atoms with Gasteiger partial charge in [-0.2, -0.15) is 4.68 Å². The van der Waals surface area contributed by atoms with Crippen molar-refractivity contribution in [3.63, 3.8) is 0 Å². The topological polar surface area (TPSA) is 97.7 Å². The van der Waals surface area contributed by atoms with Crippen molar-refractivity contribution in [2.24, 2.45) is 0 Å². The second kappa shape index (κ2) is 9.45. The monoisotopic (exact) mass is 422 g/mol. The van der Waals surface area contributed by atoms with E-state index in [4.69, 9.17) is 4.74 Å². The smallest absolute Gasteiger partial charge is 0.230 e. The average molecular weight is 423 g/mol. The maximum Gasteiger partial charge on any atom is 0.230 e. The van der Waals surface area contributed by atoms with Crippen molar-refractivity contribution in [1.29, 1.82) is 0 Å². The van der Waals surface area contributed by atoms with Gasteiger partial charge in [-0.1, -0.05) is 42.1 Å². The van der Waals surface area contributed by atoms with Crippen LogP contribution < -0.4 is 10.1 Å². The Balaban J connectivity index is 1.32. The Kier molecular flexibility index (Phi) is 6.29. The lowest BCUT2D eigenvalue weighted by atomic mass is 10.1. The molecule has 0 radical (unpaired) electrons. The van der Waals surface area contributed by atoms with E-state index in [1.54, 1.807) is 4.68 Å². The number of ether oxygens (including phenoxy) is 1. The summed E-state index contributed by atoms with van der Waals surface area (Å²) in [6, 6.07) is 15.7. The lowest BCUT2D eigenvalue weighted by Gasteiger charge is -2.10. The van der Waals surface area contributed by atoms with Gasteiger partial charge in [0, 0.05) is 23.6 Å². The normalized spacial score (nSPS) is 11.0. The maximum atomic E-state index is 12.3. The molecule has 0 bridgehead atoms. The van der Waals surface area contributed by atoms with Crippen LogP contribution >= 0.6 is 11.8 Å². The van der Waals surface area contributed by atoms with Gasteiger partial charge in [-0.25, -0.2) is 0 Å². The lowest BCUT2D eigenvalue weighted by Crippen LogP contribution is -2.27. The van der Waals surface area contributed by atoms with Gasteiger partial charge in [-0.3, -0.25) is 4.79 Å². The number of hydrogen-bond donors (Lipinski definition) is 2. The van der Waals surface area contributed by atoms with Crippen molar-refractivity contribution in [3.05, 3.63) is 60.3 Å². The number of carbonyl (C=O) groups excluding carboxylic acids is 1. The van der Waals surface area contributed by atoms with Gasteiger partial charge in [0.2, 0.25) is 11.1 Å². The number of amides is 1. The molecule has 2 N–H and O–H groups in total. The molecule has 2 aromatic carbocycles. The highest BCUT2D eigenvalue weighted by atomic mass is 32.2. The summed E-state index contributed by atoms with van der Waals surface area (Å²) >= 11 is 1.29. The van der Waals surface area contributed by atoms with Gasteiger partial charge >= 0.3 is 0 Å². The van der Waals surface area contributed by atoms with Crippen LogP contribution in [0.5, 0.6) is 5.75 Å². The molecule has 0 aliphatic rings. The van der Waals surface area contributed by atoms with E-state index in [1.807, 2.05) is 55.6 Å². The summed E-state index contributed by atoms with van der Waals surface area (Å²) in [4.78, 5) is 15.6. The predicted octanol–water partition coefficient (Wildman–Crippen LogP) is 2.99. The van der Waals surface area contributed by atoms with E-state index in [-0.39, 0.29) is 11.7 Å². The molecule has 0 saturated heterocycles. The molecule has 4 rings (SSSR count). The number of benzene rings is 2. The molecule has 8 nitrogen and oxygen atoms in total. The van der Waals surface area contributed by atoms with Gasteiger partial charge in [0.05, 0.1) is 12.4 Å². The summed E-state index contributed by atoms with van der Waals surface area (Å²) in [5.41, 5.74) is 3.04. The fourth-order valence-corrected chi connectivity index (χ4v) is 3.90. The van der Waals surface area contributed by atoms with E-state index in [0.29, 0.717) is 24.1 Å². The zero-order valence-electron chi connectivity index (χ0n) is 16.5. The molecule has 0 aliphatic heterocycles. The number of rotatable bonds is 9. The summed E-state index contributed by atoms with van der Waals surface area (Å²) in [5, 5.41) is 16.5. The number of tetrazole rings is 1. The first-order valence-electron chi connectivity index (χ1n) is 9.71. The van der Waals surface area contributed by atoms with Crippen LogP contribution in [0, 0.1) is 0 Å². The van der Waals surface area contributed by atoms with Crippen LogP contribution in [0.3, 0.4) is 0 Å². The quantitative estimate of drug-likeness (QED) is 0.403. The molecular formula is C21H22N6O2S. The molecule has 4 aromatic rings. The SMILES string of the molecule is CCOc1ccccc1-n1nnnc1SCC(=O)NCCc1c[nH]c2ccccc12. The maximum absolute atomic E-state index is 12.3. The van der Waals surface area contributed by atoms with Crippen molar-refractivity contribution in [2.75, 3.05) is 18.9 Å². The number of thioether (sulfide) groups is 1. The fraction of sp³-hybridized carbons (Fsp3) is 0.238. The number of nitrogens with one attached hydrogen (secondary N) is 2. The standard InChI is InChI=1S/C21H22N6O2S/c1-2-29-19-10-6-5-9-18(19)27-21(24-25-26-27)30-14-20(28)22-12-11-15-13-23-17-8-4-3-7-16(15)17/h3-10,13,23H,2,11-12,14H2,1H3,(H,22,28). The molecule has 0 saturated carbocycles. The van der Waals surface area contributed by atoms with Crippen LogP contribution in [0.15, 0.2) is 59.9 Å². The summed E-state index contributed by atoms with van der Waals surface area (Å²) < 4.78 is 7.25. The minimum Gasteiger partial charge on any atom is -0.492 e. The van der Waals surface area contributed by atoms with Crippen LogP contribution in [0.4, 0.5) is 0 Å². The third-order valence-corrected chi connectivity index (χ3v) is 5.48. The number of aromatic nitrogens is 5. The summed E-state index contributed by atoms with van der Waals surface area (Å²) in [6.45, 7) is 3.03. The zero-order chi connectivity index (χ0) is 20.8. The highest BCUT2D eigenvalue weighted by molar-refractivity contribution is 7.99. The number of hydrogen-bond acceptors (Lipinski definition) is 6. The molecular weight excluding hydrogens is 400 g/mol. The first-order valence-corrected chi connectivity index (χ1v) is 10.7. The molecule has 2 aromatic heterocycles. The van der Waals surface area contributed by atoms with E-state index >= 15 is 0 Å². The Morgan fingerprint density at radius 1 is 1.20 bits per heavy atom. The Morgan fingerprint density at radius 2 is 2.03 bits per heavy atom. The van der Waals surface area contributed by atoms with Crippen LogP contribution in [0.2, 0.25) is 0 Å². The molecule has 2 heterocycles. The van der Waals surface area contributed by atoms with Gasteiger partial charge in [-0.05, 0) is 47.5 Å². The number of para-hydroxylation sites is 3. The number of H-pyrrole nitrogens is 1. The molecule has 0 atom stereocenters. The minimum absolute atomic E-state index is 0.0625. The molecule has 30 heavy (non-hydrogen) atoms. The number of nitrogens with zero attached hydrogens (tertiary/aromatic N) is 4. The van der Waals surface area contributed by atoms with E-state index in [0.717, 1.165) is 17.6 Å². The minimum atomic E-state index is -0.0625. The number of aromatic amines is 1. The Bertz CT molecular complexity index is 1140. The molecule has 0 aliphatic carbocycles. The first-order chi connectivity index (χ1) is 14.8. The van der Waals surface area contributed by atoms with E-state index < -0.39 is 0 Å². The zero-order valence-corrected chi connectivity index (χ0v) is 17.4. The summed E-state index contributed by atoms with van der Waals surface area (Å²) in [6.07, 6.45) is 2.76. The molecule has 0 unspecified atom stereocenters. The van der Waals surface area contributed by atoms with Crippen molar-refractivity contribution in [3.8, 4) is 11.4 Å². The number of fused-ring (bicyclic) bond motifs is 1. The molecule has 0 spiro atoms. The van der Waals surface area contributed by atoms with Gasteiger partial charge in [0.15, 0.2) is 0 Å². The summed E-state index contributed by atoms with van der Waals surface area (Å²) in [5.74, 6) is 0.857. The van der Waals surface area contributed by atoms with Crippen LogP contribution in [0.25, 0.3) is 16.6 Å². The average Bonchev–Trinajstić information content (AvgIpc) is 3.40. The van der Waals surface area contributed by atoms with Gasteiger partial charge in [-0.15, -0.1) is 5.10 Å².